The fraction of sp³-hybridized carbons (Fsp3) is 0.0435. The number of halogens is 2. The third kappa shape index (κ3) is 4.61. The summed E-state index contributed by atoms with van der Waals surface area (Å²) in [4.78, 5) is 28.6. The molecular formula is C23H15ClFNO2S2. The molecule has 7 heteroatoms. The van der Waals surface area contributed by atoms with Crippen LogP contribution in [-0.2, 0) is 11.3 Å². The van der Waals surface area contributed by atoms with Crippen LogP contribution in [0.1, 0.15) is 11.1 Å². The Labute approximate surface area is 186 Å². The minimum absolute atomic E-state index is 0.0874. The number of rotatable bonds is 5. The molecular weight excluding hydrogens is 441 g/mol. The number of nitrogens with zero attached hydrogens (tertiary/aromatic N) is 1. The highest BCUT2D eigenvalue weighted by molar-refractivity contribution is 8.18. The summed E-state index contributed by atoms with van der Waals surface area (Å²) in [7, 11) is 0. The lowest BCUT2D eigenvalue weighted by atomic mass is 10.2. The highest BCUT2D eigenvalue weighted by Gasteiger charge is 2.35. The van der Waals surface area contributed by atoms with Crippen molar-refractivity contribution in [3.8, 4) is 0 Å². The average molecular weight is 456 g/mol. The SMILES string of the molecule is O=C1S/C(=C\c2ccccc2Sc2ccc(Cl)cc2)C(=O)N1Cc1ccccc1F. The van der Waals surface area contributed by atoms with E-state index >= 15 is 0 Å². The Bertz CT molecular complexity index is 1150. The van der Waals surface area contributed by atoms with Crippen molar-refractivity contribution in [1.29, 1.82) is 0 Å². The van der Waals surface area contributed by atoms with Gasteiger partial charge in [0.25, 0.3) is 11.1 Å². The molecule has 0 aromatic heterocycles. The second kappa shape index (κ2) is 9.08. The lowest BCUT2D eigenvalue weighted by molar-refractivity contribution is -0.123. The molecule has 0 N–H and O–H groups in total. The molecule has 0 aliphatic carbocycles. The van der Waals surface area contributed by atoms with E-state index in [4.69, 9.17) is 11.6 Å². The minimum atomic E-state index is -0.440. The summed E-state index contributed by atoms with van der Waals surface area (Å²) in [6.45, 7) is -0.0874. The molecule has 1 aliphatic heterocycles. The maximum Gasteiger partial charge on any atom is 0.293 e. The van der Waals surface area contributed by atoms with Gasteiger partial charge in [0, 0.05) is 20.4 Å². The standard InChI is InChI=1S/C23H15ClFNO2S2/c24-17-9-11-18(12-10-17)29-20-8-4-2-5-15(20)13-21-22(27)26(23(28)30-21)14-16-6-1-3-7-19(16)25/h1-13H,14H2/b21-13-. The third-order valence-electron chi connectivity index (χ3n) is 4.41. The predicted molar refractivity (Wildman–Crippen MR) is 120 cm³/mol. The molecule has 150 valence electrons. The largest absolute Gasteiger partial charge is 0.293 e. The zero-order valence-corrected chi connectivity index (χ0v) is 17.9. The van der Waals surface area contributed by atoms with Crippen molar-refractivity contribution in [2.45, 2.75) is 16.3 Å². The number of hydrogen-bond donors (Lipinski definition) is 0. The Morgan fingerprint density at radius 3 is 2.43 bits per heavy atom. The fourth-order valence-corrected chi connectivity index (χ4v) is 4.77. The van der Waals surface area contributed by atoms with E-state index in [1.54, 1.807) is 36.0 Å². The van der Waals surface area contributed by atoms with Gasteiger partial charge in [0.05, 0.1) is 11.4 Å². The van der Waals surface area contributed by atoms with Gasteiger partial charge in [0.2, 0.25) is 0 Å². The van der Waals surface area contributed by atoms with Crippen LogP contribution in [0.2, 0.25) is 5.02 Å². The summed E-state index contributed by atoms with van der Waals surface area (Å²) in [5.74, 6) is -0.857. The van der Waals surface area contributed by atoms with Crippen molar-refractivity contribution >= 4 is 52.3 Å². The van der Waals surface area contributed by atoms with Gasteiger partial charge in [-0.05, 0) is 59.8 Å². The van der Waals surface area contributed by atoms with Gasteiger partial charge in [-0.2, -0.15) is 0 Å². The number of carbonyl (C=O) groups excluding carboxylic acids is 2. The van der Waals surface area contributed by atoms with Crippen LogP contribution >= 0.6 is 35.1 Å². The van der Waals surface area contributed by atoms with Crippen molar-refractivity contribution in [3.05, 3.63) is 99.7 Å². The Morgan fingerprint density at radius 2 is 1.67 bits per heavy atom. The lowest BCUT2D eigenvalue weighted by Gasteiger charge is -2.13. The molecule has 4 rings (SSSR count). The monoisotopic (exact) mass is 455 g/mol. The maximum absolute atomic E-state index is 13.9. The fourth-order valence-electron chi connectivity index (χ4n) is 2.90. The summed E-state index contributed by atoms with van der Waals surface area (Å²) in [5, 5.41) is 0.258. The van der Waals surface area contributed by atoms with E-state index in [1.807, 2.05) is 48.5 Å². The molecule has 0 spiro atoms. The highest BCUT2D eigenvalue weighted by Crippen LogP contribution is 2.37. The molecule has 3 nitrogen and oxygen atoms in total. The Kier molecular flexibility index (Phi) is 6.27. The molecule has 0 radical (unpaired) electrons. The number of amides is 2. The molecule has 1 heterocycles. The quantitative estimate of drug-likeness (QED) is 0.393. The second-order valence-corrected chi connectivity index (χ2v) is 9.00. The topological polar surface area (TPSA) is 37.4 Å². The third-order valence-corrected chi connectivity index (χ3v) is 6.67. The molecule has 1 fully saturated rings. The zero-order valence-electron chi connectivity index (χ0n) is 15.5. The van der Waals surface area contributed by atoms with Gasteiger partial charge in [-0.25, -0.2) is 4.39 Å². The average Bonchev–Trinajstić information content (AvgIpc) is 3.00. The maximum atomic E-state index is 13.9. The van der Waals surface area contributed by atoms with Gasteiger partial charge < -0.3 is 0 Å². The van der Waals surface area contributed by atoms with Crippen LogP contribution in [0.5, 0.6) is 0 Å². The summed E-state index contributed by atoms with van der Waals surface area (Å²) in [6.07, 6.45) is 1.71. The minimum Gasteiger partial charge on any atom is -0.268 e. The van der Waals surface area contributed by atoms with Crippen LogP contribution < -0.4 is 0 Å². The molecule has 0 unspecified atom stereocenters. The number of hydrogen-bond acceptors (Lipinski definition) is 4. The first-order valence-corrected chi connectivity index (χ1v) is 11.0. The molecule has 2 amide bonds. The van der Waals surface area contributed by atoms with Gasteiger partial charge in [0.15, 0.2) is 0 Å². The van der Waals surface area contributed by atoms with Crippen LogP contribution in [0.25, 0.3) is 6.08 Å². The van der Waals surface area contributed by atoms with Crippen molar-refractivity contribution in [2.75, 3.05) is 0 Å². The van der Waals surface area contributed by atoms with Crippen molar-refractivity contribution in [2.24, 2.45) is 0 Å². The molecule has 1 aliphatic rings. The summed E-state index contributed by atoms with van der Waals surface area (Å²) < 4.78 is 13.9. The Balaban J connectivity index is 1.58. The molecule has 0 saturated carbocycles. The van der Waals surface area contributed by atoms with Crippen molar-refractivity contribution in [3.63, 3.8) is 0 Å². The number of carbonyl (C=O) groups is 2. The first kappa shape index (κ1) is 20.7. The molecule has 30 heavy (non-hydrogen) atoms. The van der Waals surface area contributed by atoms with E-state index in [-0.39, 0.29) is 6.54 Å². The highest BCUT2D eigenvalue weighted by atomic mass is 35.5. The predicted octanol–water partition coefficient (Wildman–Crippen LogP) is 6.87. The Hall–Kier alpha value is -2.54. The first-order valence-electron chi connectivity index (χ1n) is 9.02. The normalized spacial score (nSPS) is 15.3. The lowest BCUT2D eigenvalue weighted by Crippen LogP contribution is -2.27. The van der Waals surface area contributed by atoms with Crippen LogP contribution in [-0.4, -0.2) is 16.0 Å². The molecule has 3 aromatic carbocycles. The van der Waals surface area contributed by atoms with Crippen LogP contribution in [0.3, 0.4) is 0 Å². The van der Waals surface area contributed by atoms with Gasteiger partial charge in [0.1, 0.15) is 5.82 Å². The van der Waals surface area contributed by atoms with E-state index in [0.29, 0.717) is 15.5 Å². The van der Waals surface area contributed by atoms with E-state index < -0.39 is 17.0 Å². The van der Waals surface area contributed by atoms with Gasteiger partial charge in [-0.3, -0.25) is 14.5 Å². The Morgan fingerprint density at radius 1 is 0.967 bits per heavy atom. The van der Waals surface area contributed by atoms with Crippen molar-refractivity contribution < 1.29 is 14.0 Å². The van der Waals surface area contributed by atoms with E-state index in [9.17, 15) is 14.0 Å². The smallest absolute Gasteiger partial charge is 0.268 e. The summed E-state index contributed by atoms with van der Waals surface area (Å²) >= 11 is 8.36. The van der Waals surface area contributed by atoms with Gasteiger partial charge in [-0.15, -0.1) is 0 Å². The number of thioether (sulfide) groups is 1. The van der Waals surface area contributed by atoms with Gasteiger partial charge >= 0.3 is 0 Å². The molecule has 0 bridgehead atoms. The molecule has 1 saturated heterocycles. The van der Waals surface area contributed by atoms with Crippen LogP contribution in [0, 0.1) is 5.82 Å². The van der Waals surface area contributed by atoms with Crippen LogP contribution in [0.4, 0.5) is 9.18 Å². The van der Waals surface area contributed by atoms with Gasteiger partial charge in [-0.1, -0.05) is 59.8 Å². The first-order chi connectivity index (χ1) is 14.5. The van der Waals surface area contributed by atoms with E-state index in [1.165, 1.54) is 6.07 Å². The number of benzene rings is 3. The molecule has 0 atom stereocenters. The van der Waals surface area contributed by atoms with Crippen molar-refractivity contribution in [1.82, 2.24) is 4.90 Å². The second-order valence-electron chi connectivity index (χ2n) is 6.45. The summed E-state index contributed by atoms with van der Waals surface area (Å²) in [6, 6.07) is 21.3. The zero-order chi connectivity index (χ0) is 21.1. The van der Waals surface area contributed by atoms with Crippen LogP contribution in [0.15, 0.2) is 87.5 Å². The number of imide groups is 1. The van der Waals surface area contributed by atoms with E-state index in [2.05, 4.69) is 0 Å². The van der Waals surface area contributed by atoms with E-state index in [0.717, 1.165) is 32.0 Å². The molecule has 3 aromatic rings. The summed E-state index contributed by atoms with van der Waals surface area (Å²) in [5.41, 5.74) is 1.13.